The molecule has 0 spiro atoms. The predicted octanol–water partition coefficient (Wildman–Crippen LogP) is 4.28. The molecule has 3 aromatic rings. The molecule has 6 nitrogen and oxygen atoms in total. The quantitative estimate of drug-likeness (QED) is 0.472. The predicted molar refractivity (Wildman–Crippen MR) is 107 cm³/mol. The number of anilines is 1. The van der Waals surface area contributed by atoms with Crippen molar-refractivity contribution in [3.05, 3.63) is 92.2 Å². The second-order valence-corrected chi connectivity index (χ2v) is 6.97. The van der Waals surface area contributed by atoms with E-state index in [0.29, 0.717) is 11.3 Å². The molecule has 0 radical (unpaired) electrons. The average molecular weight is 381 g/mol. The number of carbonyl (C=O) groups is 1. The molecular weight excluding hydrogens is 362 g/mol. The van der Waals surface area contributed by atoms with Gasteiger partial charge in [-0.25, -0.2) is 0 Å². The molecule has 0 unspecified atom stereocenters. The van der Waals surface area contributed by atoms with Gasteiger partial charge in [-0.1, -0.05) is 42.5 Å². The normalized spacial score (nSPS) is 11.6. The van der Waals surface area contributed by atoms with Crippen molar-refractivity contribution in [3.63, 3.8) is 0 Å². The summed E-state index contributed by atoms with van der Waals surface area (Å²) in [5.41, 5.74) is 2.11. The Morgan fingerprint density at radius 3 is 2.56 bits per heavy atom. The molecule has 3 rings (SSSR count). The minimum Gasteiger partial charge on any atom is -0.376 e. The number of nitro groups is 1. The van der Waals surface area contributed by atoms with Crippen molar-refractivity contribution in [3.8, 4) is 0 Å². The van der Waals surface area contributed by atoms with E-state index in [2.05, 4.69) is 10.6 Å². The SMILES string of the molecule is Cc1c(NCC(=O)N[C@H](c2ccccc2)c2cccs2)cccc1[N+](=O)[O-]. The van der Waals surface area contributed by atoms with E-state index in [-0.39, 0.29) is 24.2 Å². The molecule has 0 bridgehead atoms. The highest BCUT2D eigenvalue weighted by molar-refractivity contribution is 7.10. The molecule has 0 aliphatic heterocycles. The van der Waals surface area contributed by atoms with Crippen LogP contribution >= 0.6 is 11.3 Å². The number of hydrogen-bond donors (Lipinski definition) is 2. The highest BCUT2D eigenvalue weighted by atomic mass is 32.1. The summed E-state index contributed by atoms with van der Waals surface area (Å²) in [6, 6.07) is 18.2. The number of nitrogens with one attached hydrogen (secondary N) is 2. The Morgan fingerprint density at radius 2 is 1.89 bits per heavy atom. The summed E-state index contributed by atoms with van der Waals surface area (Å²) in [7, 11) is 0. The van der Waals surface area contributed by atoms with Crippen molar-refractivity contribution in [2.24, 2.45) is 0 Å². The lowest BCUT2D eigenvalue weighted by atomic mass is 10.1. The van der Waals surface area contributed by atoms with E-state index in [4.69, 9.17) is 0 Å². The van der Waals surface area contributed by atoms with Crippen LogP contribution in [0.4, 0.5) is 11.4 Å². The first-order valence-electron chi connectivity index (χ1n) is 8.42. The maximum atomic E-state index is 12.5. The van der Waals surface area contributed by atoms with Gasteiger partial charge < -0.3 is 10.6 Å². The highest BCUT2D eigenvalue weighted by Gasteiger charge is 2.18. The number of rotatable bonds is 7. The first kappa shape index (κ1) is 18.6. The number of amides is 1. The van der Waals surface area contributed by atoms with Crippen molar-refractivity contribution in [2.45, 2.75) is 13.0 Å². The molecule has 1 amide bonds. The van der Waals surface area contributed by atoms with Gasteiger partial charge in [-0.15, -0.1) is 11.3 Å². The first-order valence-corrected chi connectivity index (χ1v) is 9.30. The lowest BCUT2D eigenvalue weighted by Crippen LogP contribution is -2.33. The summed E-state index contributed by atoms with van der Waals surface area (Å²) in [4.78, 5) is 24.2. The zero-order valence-corrected chi connectivity index (χ0v) is 15.5. The Morgan fingerprint density at radius 1 is 1.11 bits per heavy atom. The van der Waals surface area contributed by atoms with Crippen LogP contribution in [0.25, 0.3) is 0 Å². The molecule has 27 heavy (non-hydrogen) atoms. The smallest absolute Gasteiger partial charge is 0.274 e. The van der Waals surface area contributed by atoms with Gasteiger partial charge in [-0.05, 0) is 30.0 Å². The second kappa shape index (κ2) is 8.46. The fraction of sp³-hybridized carbons (Fsp3) is 0.150. The number of thiophene rings is 1. The molecule has 0 saturated heterocycles. The highest BCUT2D eigenvalue weighted by Crippen LogP contribution is 2.27. The lowest BCUT2D eigenvalue weighted by Gasteiger charge is -2.19. The van der Waals surface area contributed by atoms with Crippen LogP contribution < -0.4 is 10.6 Å². The van der Waals surface area contributed by atoms with Crippen LogP contribution in [0.3, 0.4) is 0 Å². The number of nitrogens with zero attached hydrogens (tertiary/aromatic N) is 1. The summed E-state index contributed by atoms with van der Waals surface area (Å²) in [6.07, 6.45) is 0. The van der Waals surface area contributed by atoms with Gasteiger partial charge in [0.1, 0.15) is 0 Å². The number of carbonyl (C=O) groups excluding carboxylic acids is 1. The van der Waals surface area contributed by atoms with Crippen LogP contribution in [0, 0.1) is 17.0 Å². The molecule has 2 N–H and O–H groups in total. The standard InChI is InChI=1S/C20H19N3O3S/c1-14-16(9-5-10-17(14)23(25)26)21-13-19(24)22-20(18-11-6-12-27-18)15-7-3-2-4-8-15/h2-12,20-21H,13H2,1H3,(H,22,24)/t20-/m1/s1. The fourth-order valence-corrected chi connectivity index (χ4v) is 3.62. The summed E-state index contributed by atoms with van der Waals surface area (Å²) in [5.74, 6) is -0.192. The van der Waals surface area contributed by atoms with Crippen molar-refractivity contribution < 1.29 is 9.72 Å². The zero-order chi connectivity index (χ0) is 19.2. The Hall–Kier alpha value is -3.19. The van der Waals surface area contributed by atoms with Crippen LogP contribution in [-0.2, 0) is 4.79 Å². The Labute approximate surface area is 161 Å². The Bertz CT molecular complexity index is 927. The molecule has 0 aliphatic rings. The molecule has 2 aromatic carbocycles. The molecule has 138 valence electrons. The van der Waals surface area contributed by atoms with Gasteiger partial charge >= 0.3 is 0 Å². The van der Waals surface area contributed by atoms with Gasteiger partial charge in [0.05, 0.1) is 17.5 Å². The van der Waals surface area contributed by atoms with E-state index < -0.39 is 4.92 Å². The topological polar surface area (TPSA) is 84.3 Å². The monoisotopic (exact) mass is 381 g/mol. The van der Waals surface area contributed by atoms with E-state index in [1.54, 1.807) is 30.4 Å². The van der Waals surface area contributed by atoms with Crippen molar-refractivity contribution in [1.82, 2.24) is 5.32 Å². The number of benzene rings is 2. The molecular formula is C20H19N3O3S. The van der Waals surface area contributed by atoms with Crippen LogP contribution in [0.1, 0.15) is 22.0 Å². The van der Waals surface area contributed by atoms with Crippen LogP contribution in [0.2, 0.25) is 0 Å². The average Bonchev–Trinajstić information content (AvgIpc) is 3.20. The third-order valence-corrected chi connectivity index (χ3v) is 5.14. The van der Waals surface area contributed by atoms with Gasteiger partial charge in [0.2, 0.25) is 5.91 Å². The van der Waals surface area contributed by atoms with Gasteiger partial charge in [0.25, 0.3) is 5.69 Å². The Kier molecular flexibility index (Phi) is 5.83. The Balaban J connectivity index is 1.71. The number of nitro benzene ring substituents is 1. The fourth-order valence-electron chi connectivity index (χ4n) is 2.82. The summed E-state index contributed by atoms with van der Waals surface area (Å²) in [6.45, 7) is 1.69. The summed E-state index contributed by atoms with van der Waals surface area (Å²) >= 11 is 1.58. The van der Waals surface area contributed by atoms with Crippen molar-refractivity contribution >= 4 is 28.6 Å². The molecule has 0 saturated carbocycles. The molecule has 0 fully saturated rings. The van der Waals surface area contributed by atoms with Crippen molar-refractivity contribution in [1.29, 1.82) is 0 Å². The van der Waals surface area contributed by atoms with Gasteiger partial charge in [0, 0.05) is 22.2 Å². The van der Waals surface area contributed by atoms with Crippen LogP contribution in [-0.4, -0.2) is 17.4 Å². The molecule has 1 heterocycles. The van der Waals surface area contributed by atoms with E-state index in [1.807, 2.05) is 47.8 Å². The molecule has 0 aliphatic carbocycles. The zero-order valence-electron chi connectivity index (χ0n) is 14.7. The van der Waals surface area contributed by atoms with E-state index >= 15 is 0 Å². The third-order valence-electron chi connectivity index (χ3n) is 4.21. The summed E-state index contributed by atoms with van der Waals surface area (Å²) in [5, 5.41) is 19.1. The van der Waals surface area contributed by atoms with Crippen LogP contribution in [0.15, 0.2) is 66.0 Å². The largest absolute Gasteiger partial charge is 0.376 e. The minimum absolute atomic E-state index is 0.0245. The van der Waals surface area contributed by atoms with Crippen molar-refractivity contribution in [2.75, 3.05) is 11.9 Å². The minimum atomic E-state index is -0.428. The number of hydrogen-bond acceptors (Lipinski definition) is 5. The van der Waals surface area contributed by atoms with E-state index in [0.717, 1.165) is 10.4 Å². The van der Waals surface area contributed by atoms with E-state index in [9.17, 15) is 14.9 Å². The first-order chi connectivity index (χ1) is 13.1. The maximum absolute atomic E-state index is 12.5. The lowest BCUT2D eigenvalue weighted by molar-refractivity contribution is -0.385. The van der Waals surface area contributed by atoms with E-state index in [1.165, 1.54) is 6.07 Å². The molecule has 1 atom stereocenters. The van der Waals surface area contributed by atoms with Gasteiger partial charge in [-0.2, -0.15) is 0 Å². The maximum Gasteiger partial charge on any atom is 0.274 e. The van der Waals surface area contributed by atoms with Crippen LogP contribution in [0.5, 0.6) is 0 Å². The molecule has 1 aromatic heterocycles. The van der Waals surface area contributed by atoms with Gasteiger partial charge in [-0.3, -0.25) is 14.9 Å². The summed E-state index contributed by atoms with van der Waals surface area (Å²) < 4.78 is 0. The van der Waals surface area contributed by atoms with Gasteiger partial charge in [0.15, 0.2) is 0 Å². The third kappa shape index (κ3) is 4.51. The molecule has 7 heteroatoms. The second-order valence-electron chi connectivity index (χ2n) is 5.99.